The fraction of sp³-hybridized carbons (Fsp3) is 0.667. The molecule has 18 heavy (non-hydrogen) atoms. The molecule has 0 saturated heterocycles. The number of hydrogen-bond acceptors (Lipinski definition) is 4. The lowest BCUT2D eigenvalue weighted by atomic mass is 10.3. The second-order valence-corrected chi connectivity index (χ2v) is 3.33. The largest absolute Gasteiger partial charge is 0.481 e. The number of methoxy groups -OCH3 is 1. The van der Waals surface area contributed by atoms with Crippen LogP contribution >= 0.6 is 0 Å². The average molecular weight is 271 g/mol. The van der Waals surface area contributed by atoms with Crippen molar-refractivity contribution >= 4 is 17.8 Å². The van der Waals surface area contributed by atoms with Gasteiger partial charge in [-0.2, -0.15) is 13.2 Å². The molecule has 0 aromatic rings. The second kappa shape index (κ2) is 6.82. The number of carboxylic acid groups (broad SMARTS) is 1. The van der Waals surface area contributed by atoms with E-state index in [0.717, 1.165) is 7.11 Å². The van der Waals surface area contributed by atoms with Gasteiger partial charge in [-0.25, -0.2) is 0 Å². The number of carboxylic acids is 1. The topological polar surface area (TPSA) is 83.9 Å². The van der Waals surface area contributed by atoms with Crippen LogP contribution in [0.3, 0.4) is 0 Å². The lowest BCUT2D eigenvalue weighted by Crippen LogP contribution is -2.41. The first-order chi connectivity index (χ1) is 8.15. The summed E-state index contributed by atoms with van der Waals surface area (Å²) in [5.41, 5.74) is 0. The van der Waals surface area contributed by atoms with Crippen molar-refractivity contribution in [3.8, 4) is 0 Å². The van der Waals surface area contributed by atoms with Gasteiger partial charge in [-0.1, -0.05) is 0 Å². The third kappa shape index (κ3) is 7.47. The van der Waals surface area contributed by atoms with Gasteiger partial charge in [0.2, 0.25) is 5.91 Å². The zero-order valence-electron chi connectivity index (χ0n) is 9.49. The Balaban J connectivity index is 4.56. The predicted molar refractivity (Wildman–Crippen MR) is 51.5 cm³/mol. The molecule has 0 heterocycles. The molecule has 0 rings (SSSR count). The van der Waals surface area contributed by atoms with Crippen molar-refractivity contribution in [2.75, 3.05) is 20.2 Å². The van der Waals surface area contributed by atoms with Gasteiger partial charge in [0.15, 0.2) is 0 Å². The number of aliphatic carboxylic acids is 1. The van der Waals surface area contributed by atoms with E-state index in [4.69, 9.17) is 5.11 Å². The Kier molecular flexibility index (Phi) is 6.14. The van der Waals surface area contributed by atoms with Crippen LogP contribution in [-0.2, 0) is 19.1 Å². The second-order valence-electron chi connectivity index (χ2n) is 3.33. The lowest BCUT2D eigenvalue weighted by molar-refractivity contribution is -0.164. The Labute approximate surface area is 100 Å². The fourth-order valence-corrected chi connectivity index (χ4v) is 1.08. The highest BCUT2D eigenvalue weighted by molar-refractivity contribution is 5.93. The molecule has 1 N–H and O–H groups in total. The summed E-state index contributed by atoms with van der Waals surface area (Å²) in [6.07, 6.45) is -6.15. The van der Waals surface area contributed by atoms with E-state index in [2.05, 4.69) is 4.74 Å². The zero-order valence-corrected chi connectivity index (χ0v) is 9.49. The quantitative estimate of drug-likeness (QED) is 0.559. The monoisotopic (exact) mass is 271 g/mol. The van der Waals surface area contributed by atoms with E-state index in [-0.39, 0.29) is 4.90 Å². The number of rotatable bonds is 6. The summed E-state index contributed by atoms with van der Waals surface area (Å²) in [6, 6.07) is 0. The number of esters is 1. The van der Waals surface area contributed by atoms with Crippen molar-refractivity contribution in [2.24, 2.45) is 0 Å². The summed E-state index contributed by atoms with van der Waals surface area (Å²) >= 11 is 0. The maximum absolute atomic E-state index is 12.2. The molecule has 9 heteroatoms. The highest BCUT2D eigenvalue weighted by Gasteiger charge is 2.33. The Morgan fingerprint density at radius 3 is 2.22 bits per heavy atom. The van der Waals surface area contributed by atoms with Crippen LogP contribution < -0.4 is 0 Å². The number of ether oxygens (including phenoxy) is 1. The third-order valence-electron chi connectivity index (χ3n) is 1.84. The number of nitrogens with zero attached hydrogens (tertiary/aromatic N) is 1. The van der Waals surface area contributed by atoms with E-state index in [1.807, 2.05) is 0 Å². The highest BCUT2D eigenvalue weighted by atomic mass is 19.4. The molecule has 0 fully saturated rings. The molecule has 0 aromatic heterocycles. The Hall–Kier alpha value is -1.80. The molecular formula is C9H12F3NO5. The lowest BCUT2D eigenvalue weighted by Gasteiger charge is -2.22. The van der Waals surface area contributed by atoms with Crippen LogP contribution in [0, 0.1) is 0 Å². The molecule has 0 saturated carbocycles. The van der Waals surface area contributed by atoms with E-state index in [1.165, 1.54) is 0 Å². The van der Waals surface area contributed by atoms with Crippen molar-refractivity contribution in [1.29, 1.82) is 0 Å². The first kappa shape index (κ1) is 16.2. The highest BCUT2D eigenvalue weighted by Crippen LogP contribution is 2.17. The van der Waals surface area contributed by atoms with Gasteiger partial charge in [0, 0.05) is 6.54 Å². The summed E-state index contributed by atoms with van der Waals surface area (Å²) < 4.78 is 40.7. The van der Waals surface area contributed by atoms with Gasteiger partial charge in [-0.3, -0.25) is 14.4 Å². The van der Waals surface area contributed by atoms with Crippen LogP contribution in [0.1, 0.15) is 12.8 Å². The van der Waals surface area contributed by atoms with Crippen LogP contribution in [-0.4, -0.2) is 54.2 Å². The van der Waals surface area contributed by atoms with Gasteiger partial charge < -0.3 is 14.7 Å². The number of carbonyl (C=O) groups excluding carboxylic acids is 2. The summed E-state index contributed by atoms with van der Waals surface area (Å²) in [6.45, 7) is -2.14. The van der Waals surface area contributed by atoms with Crippen molar-refractivity contribution in [3.63, 3.8) is 0 Å². The molecule has 1 amide bonds. The maximum atomic E-state index is 12.2. The standard InChI is InChI=1S/C9H12F3NO5/c1-18-8(17)2-3-13(5-9(10,11)12)6(14)4-7(15)16/h2-5H2,1H3,(H,15,16). The Morgan fingerprint density at radius 1 is 1.28 bits per heavy atom. The van der Waals surface area contributed by atoms with Gasteiger partial charge >= 0.3 is 18.1 Å². The molecule has 0 bridgehead atoms. The number of hydrogen-bond donors (Lipinski definition) is 1. The minimum atomic E-state index is -4.66. The fourth-order valence-electron chi connectivity index (χ4n) is 1.08. The van der Waals surface area contributed by atoms with Gasteiger partial charge in [0.05, 0.1) is 13.5 Å². The average Bonchev–Trinajstić information content (AvgIpc) is 2.20. The van der Waals surface area contributed by atoms with E-state index >= 15 is 0 Å². The summed E-state index contributed by atoms with van der Waals surface area (Å²) in [5, 5.41) is 8.33. The summed E-state index contributed by atoms with van der Waals surface area (Å²) in [5.74, 6) is -3.53. The molecule has 0 unspecified atom stereocenters. The maximum Gasteiger partial charge on any atom is 0.406 e. The van der Waals surface area contributed by atoms with Crippen LogP contribution in [0.5, 0.6) is 0 Å². The zero-order chi connectivity index (χ0) is 14.3. The molecule has 0 spiro atoms. The van der Waals surface area contributed by atoms with E-state index in [9.17, 15) is 27.6 Å². The van der Waals surface area contributed by atoms with E-state index in [1.54, 1.807) is 0 Å². The SMILES string of the molecule is COC(=O)CCN(CC(F)(F)F)C(=O)CC(=O)O. The molecule has 0 aromatic carbocycles. The van der Waals surface area contributed by atoms with Gasteiger partial charge in [0.25, 0.3) is 0 Å². The number of halogens is 3. The van der Waals surface area contributed by atoms with Crippen LogP contribution in [0.2, 0.25) is 0 Å². The molecule has 0 aliphatic heterocycles. The Bertz CT molecular complexity index is 329. The minimum absolute atomic E-state index is 0.269. The summed E-state index contributed by atoms with van der Waals surface area (Å²) in [4.78, 5) is 32.5. The number of carbonyl (C=O) groups is 3. The summed E-state index contributed by atoms with van der Waals surface area (Å²) in [7, 11) is 1.05. The van der Waals surface area contributed by atoms with Crippen molar-refractivity contribution in [3.05, 3.63) is 0 Å². The van der Waals surface area contributed by atoms with Crippen LogP contribution in [0.25, 0.3) is 0 Å². The number of alkyl halides is 3. The first-order valence-electron chi connectivity index (χ1n) is 4.79. The van der Waals surface area contributed by atoms with Gasteiger partial charge in [0.1, 0.15) is 13.0 Å². The normalized spacial score (nSPS) is 10.9. The van der Waals surface area contributed by atoms with Crippen LogP contribution in [0.4, 0.5) is 13.2 Å². The molecule has 104 valence electrons. The third-order valence-corrected chi connectivity index (χ3v) is 1.84. The predicted octanol–water partition coefficient (Wildman–Crippen LogP) is 0.415. The van der Waals surface area contributed by atoms with Crippen molar-refractivity contribution < 1.29 is 37.4 Å². The number of amides is 1. The van der Waals surface area contributed by atoms with Crippen molar-refractivity contribution in [2.45, 2.75) is 19.0 Å². The minimum Gasteiger partial charge on any atom is -0.481 e. The van der Waals surface area contributed by atoms with E-state index in [0.29, 0.717) is 0 Å². The van der Waals surface area contributed by atoms with Crippen molar-refractivity contribution in [1.82, 2.24) is 4.90 Å². The van der Waals surface area contributed by atoms with Gasteiger partial charge in [-0.15, -0.1) is 0 Å². The molecule has 0 radical (unpaired) electrons. The smallest absolute Gasteiger partial charge is 0.406 e. The van der Waals surface area contributed by atoms with Crippen LogP contribution in [0.15, 0.2) is 0 Å². The Morgan fingerprint density at radius 2 is 1.83 bits per heavy atom. The molecule has 0 aliphatic rings. The molecule has 6 nitrogen and oxygen atoms in total. The molecule has 0 aliphatic carbocycles. The molecular weight excluding hydrogens is 259 g/mol. The molecule has 0 atom stereocenters. The van der Waals surface area contributed by atoms with Gasteiger partial charge in [-0.05, 0) is 0 Å². The van der Waals surface area contributed by atoms with E-state index < -0.39 is 50.0 Å². The first-order valence-corrected chi connectivity index (χ1v) is 4.79.